The number of nitrogens with zero attached hydrogens (tertiary/aromatic N) is 2. The molecule has 3 atom stereocenters. The van der Waals surface area contributed by atoms with Crippen LogP contribution < -0.4 is 10.6 Å². The van der Waals surface area contributed by atoms with E-state index in [2.05, 4.69) is 33.5 Å². The summed E-state index contributed by atoms with van der Waals surface area (Å²) in [5.74, 6) is 0.730. The minimum atomic E-state index is 0.0315. The Morgan fingerprint density at radius 1 is 1.48 bits per heavy atom. The van der Waals surface area contributed by atoms with Crippen LogP contribution >= 0.6 is 0 Å². The zero-order valence-corrected chi connectivity index (χ0v) is 14.0. The monoisotopic (exact) mass is 316 g/mol. The molecule has 3 unspecified atom stereocenters. The summed E-state index contributed by atoms with van der Waals surface area (Å²) in [7, 11) is 0. The molecule has 2 aliphatic rings. The molecule has 3 rings (SSSR count). The number of aromatic nitrogens is 1. The second kappa shape index (κ2) is 7.88. The lowest BCUT2D eigenvalue weighted by Gasteiger charge is -2.37. The van der Waals surface area contributed by atoms with Gasteiger partial charge in [0.25, 0.3) is 0 Å². The minimum Gasteiger partial charge on any atom is -0.354 e. The van der Waals surface area contributed by atoms with E-state index in [1.165, 1.54) is 18.4 Å². The molecule has 5 nitrogen and oxygen atoms in total. The van der Waals surface area contributed by atoms with E-state index in [9.17, 15) is 4.79 Å². The average molecular weight is 316 g/mol. The second-order valence-electron chi connectivity index (χ2n) is 6.86. The molecule has 2 N–H and O–H groups in total. The Balaban J connectivity index is 1.49. The molecule has 3 heterocycles. The van der Waals surface area contributed by atoms with E-state index in [1.54, 1.807) is 0 Å². The lowest BCUT2D eigenvalue weighted by atomic mass is 9.95. The number of nitrogens with one attached hydrogen (secondary N) is 2. The lowest BCUT2D eigenvalue weighted by Crippen LogP contribution is -2.45. The van der Waals surface area contributed by atoms with Gasteiger partial charge in [0.05, 0.1) is 6.04 Å². The lowest BCUT2D eigenvalue weighted by molar-refractivity contribution is -0.123. The normalized spacial score (nSPS) is 26.8. The van der Waals surface area contributed by atoms with Gasteiger partial charge < -0.3 is 10.6 Å². The summed E-state index contributed by atoms with van der Waals surface area (Å²) in [6.07, 6.45) is 8.27. The van der Waals surface area contributed by atoms with Gasteiger partial charge in [0.15, 0.2) is 0 Å². The molecule has 2 aliphatic heterocycles. The Labute approximate surface area is 138 Å². The summed E-state index contributed by atoms with van der Waals surface area (Å²) in [4.78, 5) is 18.9. The topological polar surface area (TPSA) is 57.3 Å². The van der Waals surface area contributed by atoms with E-state index in [0.29, 0.717) is 12.0 Å². The number of carbonyl (C=O) groups excluding carboxylic acids is 1. The highest BCUT2D eigenvalue weighted by molar-refractivity contribution is 5.81. The van der Waals surface area contributed by atoms with Crippen LogP contribution in [0, 0.1) is 5.92 Å². The predicted molar refractivity (Wildman–Crippen MR) is 91.0 cm³/mol. The van der Waals surface area contributed by atoms with Crippen LogP contribution in [-0.4, -0.2) is 48.0 Å². The van der Waals surface area contributed by atoms with Crippen molar-refractivity contribution in [3.05, 3.63) is 30.1 Å². The molecule has 0 spiro atoms. The Morgan fingerprint density at radius 3 is 3.13 bits per heavy atom. The fourth-order valence-corrected chi connectivity index (χ4v) is 3.73. The molecule has 1 amide bonds. The van der Waals surface area contributed by atoms with Crippen molar-refractivity contribution in [2.24, 2.45) is 5.92 Å². The van der Waals surface area contributed by atoms with E-state index in [-0.39, 0.29) is 11.9 Å². The van der Waals surface area contributed by atoms with Gasteiger partial charge in [0.1, 0.15) is 0 Å². The van der Waals surface area contributed by atoms with Crippen LogP contribution in [0.25, 0.3) is 0 Å². The highest BCUT2D eigenvalue weighted by atomic mass is 16.2. The molecule has 1 aromatic heterocycles. The molecule has 126 valence electrons. The molecule has 0 saturated carbocycles. The third kappa shape index (κ3) is 4.30. The molecule has 2 fully saturated rings. The predicted octanol–water partition coefficient (Wildman–Crippen LogP) is 1.72. The molecule has 2 saturated heterocycles. The average Bonchev–Trinajstić information content (AvgIpc) is 3.15. The summed E-state index contributed by atoms with van der Waals surface area (Å²) >= 11 is 0. The van der Waals surface area contributed by atoms with Crippen molar-refractivity contribution < 1.29 is 4.79 Å². The number of amides is 1. The van der Waals surface area contributed by atoms with E-state index in [0.717, 1.165) is 39.0 Å². The molecule has 1 aromatic rings. The second-order valence-corrected chi connectivity index (χ2v) is 6.86. The van der Waals surface area contributed by atoms with E-state index in [4.69, 9.17) is 0 Å². The fourth-order valence-electron chi connectivity index (χ4n) is 3.73. The van der Waals surface area contributed by atoms with E-state index >= 15 is 0 Å². The van der Waals surface area contributed by atoms with Gasteiger partial charge >= 0.3 is 0 Å². The first kappa shape index (κ1) is 16.4. The maximum Gasteiger partial charge on any atom is 0.237 e. The Bertz CT molecular complexity index is 501. The quantitative estimate of drug-likeness (QED) is 0.868. The van der Waals surface area contributed by atoms with Gasteiger partial charge in [0.2, 0.25) is 5.91 Å². The van der Waals surface area contributed by atoms with Crippen molar-refractivity contribution in [2.45, 2.75) is 44.7 Å². The molecule has 0 radical (unpaired) electrons. The summed E-state index contributed by atoms with van der Waals surface area (Å²) in [5, 5.41) is 6.42. The molecule has 0 aromatic carbocycles. The van der Waals surface area contributed by atoms with Crippen molar-refractivity contribution in [3.8, 4) is 0 Å². The number of pyridine rings is 1. The molecule has 0 bridgehead atoms. The minimum absolute atomic E-state index is 0.0315. The maximum absolute atomic E-state index is 12.1. The number of rotatable bonds is 5. The van der Waals surface area contributed by atoms with Crippen LogP contribution in [0.1, 0.15) is 44.2 Å². The number of hydrogen-bond donors (Lipinski definition) is 2. The van der Waals surface area contributed by atoms with Crippen molar-refractivity contribution >= 4 is 5.91 Å². The van der Waals surface area contributed by atoms with Crippen LogP contribution in [0.5, 0.6) is 0 Å². The first-order chi connectivity index (χ1) is 11.2. The Morgan fingerprint density at radius 2 is 2.39 bits per heavy atom. The Kier molecular flexibility index (Phi) is 5.62. The van der Waals surface area contributed by atoms with Crippen molar-refractivity contribution in [3.63, 3.8) is 0 Å². The number of hydrogen-bond acceptors (Lipinski definition) is 4. The van der Waals surface area contributed by atoms with E-state index in [1.807, 2.05) is 18.5 Å². The first-order valence-electron chi connectivity index (χ1n) is 8.89. The van der Waals surface area contributed by atoms with Crippen LogP contribution in [0.2, 0.25) is 0 Å². The molecule has 5 heteroatoms. The number of piperidine rings is 1. The summed E-state index contributed by atoms with van der Waals surface area (Å²) in [6, 6.07) is 4.57. The van der Waals surface area contributed by atoms with Crippen LogP contribution in [0.3, 0.4) is 0 Å². The van der Waals surface area contributed by atoms with Gasteiger partial charge in [-0.25, -0.2) is 0 Å². The van der Waals surface area contributed by atoms with Crippen molar-refractivity contribution in [2.75, 3.05) is 26.2 Å². The van der Waals surface area contributed by atoms with Gasteiger partial charge in [-0.15, -0.1) is 0 Å². The van der Waals surface area contributed by atoms with E-state index < -0.39 is 0 Å². The first-order valence-corrected chi connectivity index (χ1v) is 8.89. The van der Waals surface area contributed by atoms with Crippen molar-refractivity contribution in [1.82, 2.24) is 20.5 Å². The number of likely N-dealkylation sites (tertiary alicyclic amines) is 1. The van der Waals surface area contributed by atoms with Gasteiger partial charge in [0, 0.05) is 31.5 Å². The maximum atomic E-state index is 12.1. The summed E-state index contributed by atoms with van der Waals surface area (Å²) in [5.41, 5.74) is 1.27. The van der Waals surface area contributed by atoms with Gasteiger partial charge in [-0.2, -0.15) is 0 Å². The van der Waals surface area contributed by atoms with Crippen LogP contribution in [0.15, 0.2) is 24.5 Å². The fraction of sp³-hybridized carbons (Fsp3) is 0.667. The van der Waals surface area contributed by atoms with Crippen LogP contribution in [-0.2, 0) is 4.79 Å². The molecule has 23 heavy (non-hydrogen) atoms. The third-order valence-corrected chi connectivity index (χ3v) is 5.21. The summed E-state index contributed by atoms with van der Waals surface area (Å²) < 4.78 is 0. The molecular formula is C18H28N4O. The summed E-state index contributed by atoms with van der Waals surface area (Å²) in [6.45, 7) is 6.20. The van der Waals surface area contributed by atoms with Crippen molar-refractivity contribution in [1.29, 1.82) is 0 Å². The van der Waals surface area contributed by atoms with Gasteiger partial charge in [-0.1, -0.05) is 6.07 Å². The molecule has 0 aliphatic carbocycles. The largest absolute Gasteiger partial charge is 0.354 e. The standard InChI is InChI=1S/C18H28N4O/c1-14(16-6-2-8-19-12-16)22-10-4-5-15(13-22)11-21-18(23)17-7-3-9-20-17/h2,6,8,12,14-15,17,20H,3-5,7,9-11,13H2,1H3,(H,21,23). The van der Waals surface area contributed by atoms with Gasteiger partial charge in [-0.05, 0) is 63.2 Å². The zero-order valence-electron chi connectivity index (χ0n) is 14.0. The third-order valence-electron chi connectivity index (χ3n) is 5.21. The Hall–Kier alpha value is -1.46. The zero-order chi connectivity index (χ0) is 16.1. The highest BCUT2D eigenvalue weighted by Crippen LogP contribution is 2.25. The highest BCUT2D eigenvalue weighted by Gasteiger charge is 2.26. The molecular weight excluding hydrogens is 288 g/mol. The van der Waals surface area contributed by atoms with Gasteiger partial charge in [-0.3, -0.25) is 14.7 Å². The van der Waals surface area contributed by atoms with Crippen LogP contribution in [0.4, 0.5) is 0 Å². The smallest absolute Gasteiger partial charge is 0.237 e. The number of carbonyl (C=O) groups is 1. The SMILES string of the molecule is CC(c1cccnc1)N1CCCC(CNC(=O)C2CCCN2)C1.